The minimum atomic E-state index is 0.621. The molecule has 5 nitrogen and oxygen atoms in total. The highest BCUT2D eigenvalue weighted by Gasteiger charge is 2.10. The average Bonchev–Trinajstić information content (AvgIpc) is 2.83. The molecule has 1 N–H and O–H groups in total. The fourth-order valence-electron chi connectivity index (χ4n) is 2.04. The Morgan fingerprint density at radius 2 is 1.95 bits per heavy atom. The largest absolute Gasteiger partial charge is 0.445 e. The molecule has 0 saturated carbocycles. The molecule has 21 heavy (non-hydrogen) atoms. The Bertz CT molecular complexity index is 765. The summed E-state index contributed by atoms with van der Waals surface area (Å²) in [6, 6.07) is 7.96. The highest BCUT2D eigenvalue weighted by atomic mass is 32.2. The molecule has 3 aromatic rings. The van der Waals surface area contributed by atoms with Crippen LogP contribution in [0.4, 0.5) is 5.82 Å². The lowest BCUT2D eigenvalue weighted by Crippen LogP contribution is -1.98. The number of benzene rings is 1. The zero-order chi connectivity index (χ0) is 14.8. The molecular weight excluding hydrogens is 284 g/mol. The monoisotopic (exact) mass is 300 g/mol. The molecule has 0 aliphatic rings. The van der Waals surface area contributed by atoms with E-state index in [1.165, 1.54) is 11.8 Å². The maximum atomic E-state index is 5.58. The summed E-state index contributed by atoms with van der Waals surface area (Å²) in [5.41, 5.74) is 1.86. The Morgan fingerprint density at radius 1 is 1.14 bits per heavy atom. The van der Waals surface area contributed by atoms with Crippen molar-refractivity contribution in [2.45, 2.75) is 24.8 Å². The van der Waals surface area contributed by atoms with E-state index in [0.29, 0.717) is 16.8 Å². The second-order valence-electron chi connectivity index (χ2n) is 4.66. The van der Waals surface area contributed by atoms with Crippen molar-refractivity contribution in [3.05, 3.63) is 41.6 Å². The van der Waals surface area contributed by atoms with Gasteiger partial charge in [-0.1, -0.05) is 23.9 Å². The van der Waals surface area contributed by atoms with Crippen molar-refractivity contribution in [1.82, 2.24) is 15.0 Å². The van der Waals surface area contributed by atoms with Crippen molar-refractivity contribution >= 4 is 28.5 Å². The Labute approximate surface area is 127 Å². The molecule has 0 aliphatic carbocycles. The van der Waals surface area contributed by atoms with E-state index in [0.717, 1.165) is 28.2 Å². The highest BCUT2D eigenvalue weighted by molar-refractivity contribution is 7.98. The maximum Gasteiger partial charge on any atom is 0.205 e. The lowest BCUT2D eigenvalue weighted by Gasteiger charge is -2.06. The van der Waals surface area contributed by atoms with Gasteiger partial charge in [-0.25, -0.2) is 15.0 Å². The Morgan fingerprint density at radius 3 is 2.67 bits per heavy atom. The van der Waals surface area contributed by atoms with Gasteiger partial charge in [-0.15, -0.1) is 0 Å². The van der Waals surface area contributed by atoms with Crippen LogP contribution in [0.5, 0.6) is 0 Å². The molecule has 0 amide bonds. The number of nitrogens with one attached hydrogen (secondary N) is 1. The molecule has 0 bridgehead atoms. The molecule has 0 radical (unpaired) electrons. The number of fused-ring (bicyclic) bond motifs is 1. The van der Waals surface area contributed by atoms with Crippen LogP contribution in [0.1, 0.15) is 17.3 Å². The van der Waals surface area contributed by atoms with Crippen molar-refractivity contribution in [3.8, 4) is 0 Å². The van der Waals surface area contributed by atoms with Crippen LogP contribution >= 0.6 is 11.8 Å². The predicted octanol–water partition coefficient (Wildman–Crippen LogP) is 3.57. The van der Waals surface area contributed by atoms with Gasteiger partial charge in [0.2, 0.25) is 5.89 Å². The van der Waals surface area contributed by atoms with E-state index in [1.54, 1.807) is 0 Å². The van der Waals surface area contributed by atoms with Gasteiger partial charge in [0.15, 0.2) is 5.16 Å². The molecule has 0 unspecified atom stereocenters. The summed E-state index contributed by atoms with van der Waals surface area (Å²) in [4.78, 5) is 13.5. The van der Waals surface area contributed by atoms with Crippen molar-refractivity contribution in [2.75, 3.05) is 12.4 Å². The third-order valence-corrected chi connectivity index (χ3v) is 4.05. The van der Waals surface area contributed by atoms with E-state index in [4.69, 9.17) is 4.42 Å². The molecule has 3 rings (SSSR count). The van der Waals surface area contributed by atoms with Crippen LogP contribution < -0.4 is 5.32 Å². The first kappa shape index (κ1) is 13.9. The first-order chi connectivity index (χ1) is 10.2. The minimum absolute atomic E-state index is 0.621. The lowest BCUT2D eigenvalue weighted by molar-refractivity contribution is 0.489. The zero-order valence-corrected chi connectivity index (χ0v) is 13.0. The second-order valence-corrected chi connectivity index (χ2v) is 5.60. The first-order valence-electron chi connectivity index (χ1n) is 6.67. The van der Waals surface area contributed by atoms with Crippen LogP contribution in [-0.2, 0) is 5.75 Å². The Balaban J connectivity index is 1.86. The molecule has 6 heteroatoms. The zero-order valence-electron chi connectivity index (χ0n) is 12.2. The number of nitrogens with zero attached hydrogens (tertiary/aromatic N) is 3. The van der Waals surface area contributed by atoms with E-state index < -0.39 is 0 Å². The van der Waals surface area contributed by atoms with Crippen LogP contribution in [0.25, 0.3) is 10.9 Å². The normalized spacial score (nSPS) is 11.0. The van der Waals surface area contributed by atoms with Crippen LogP contribution in [0.3, 0.4) is 0 Å². The molecule has 2 heterocycles. The van der Waals surface area contributed by atoms with Crippen molar-refractivity contribution in [1.29, 1.82) is 0 Å². The third-order valence-electron chi connectivity index (χ3n) is 3.22. The molecule has 0 saturated heterocycles. The third kappa shape index (κ3) is 2.85. The number of anilines is 1. The highest BCUT2D eigenvalue weighted by Crippen LogP contribution is 2.26. The summed E-state index contributed by atoms with van der Waals surface area (Å²) in [5, 5.41) is 4.85. The Hall–Kier alpha value is -2.08. The second kappa shape index (κ2) is 5.73. The number of thioether (sulfide) groups is 1. The predicted molar refractivity (Wildman–Crippen MR) is 84.6 cm³/mol. The standard InChI is InChI=1S/C15H16N4OS/c1-9-10(2)20-13(17-9)8-21-15-18-12-7-5-4-6-11(12)14(16-3)19-15/h4-7H,8H2,1-3H3,(H,16,18,19). The summed E-state index contributed by atoms with van der Waals surface area (Å²) in [7, 11) is 1.87. The Kier molecular flexibility index (Phi) is 3.79. The molecule has 1 aromatic carbocycles. The van der Waals surface area contributed by atoms with E-state index in [-0.39, 0.29) is 0 Å². The van der Waals surface area contributed by atoms with E-state index in [1.807, 2.05) is 45.2 Å². The first-order valence-corrected chi connectivity index (χ1v) is 7.66. The van der Waals surface area contributed by atoms with E-state index in [2.05, 4.69) is 20.3 Å². The van der Waals surface area contributed by atoms with Gasteiger partial charge in [0.25, 0.3) is 0 Å². The van der Waals surface area contributed by atoms with Crippen molar-refractivity contribution in [3.63, 3.8) is 0 Å². The quantitative estimate of drug-likeness (QED) is 0.587. The number of para-hydroxylation sites is 1. The number of oxazole rings is 1. The molecule has 0 spiro atoms. The number of hydrogen-bond donors (Lipinski definition) is 1. The fourth-order valence-corrected chi connectivity index (χ4v) is 2.73. The van der Waals surface area contributed by atoms with Gasteiger partial charge < -0.3 is 9.73 Å². The molecule has 108 valence electrons. The van der Waals surface area contributed by atoms with E-state index >= 15 is 0 Å². The van der Waals surface area contributed by atoms with Crippen LogP contribution in [-0.4, -0.2) is 22.0 Å². The summed E-state index contributed by atoms with van der Waals surface area (Å²) in [5.74, 6) is 3.03. The summed E-state index contributed by atoms with van der Waals surface area (Å²) in [6.45, 7) is 3.86. The smallest absolute Gasteiger partial charge is 0.205 e. The van der Waals surface area contributed by atoms with Crippen LogP contribution in [0.15, 0.2) is 33.8 Å². The number of aryl methyl sites for hydroxylation is 2. The van der Waals surface area contributed by atoms with Gasteiger partial charge in [-0.3, -0.25) is 0 Å². The molecular formula is C15H16N4OS. The average molecular weight is 300 g/mol. The van der Waals surface area contributed by atoms with E-state index in [9.17, 15) is 0 Å². The van der Waals surface area contributed by atoms with Gasteiger partial charge in [0.1, 0.15) is 11.6 Å². The fraction of sp³-hybridized carbons (Fsp3) is 0.267. The van der Waals surface area contributed by atoms with Gasteiger partial charge in [-0.2, -0.15) is 0 Å². The maximum absolute atomic E-state index is 5.58. The molecule has 0 aliphatic heterocycles. The van der Waals surface area contributed by atoms with Gasteiger partial charge in [0, 0.05) is 12.4 Å². The summed E-state index contributed by atoms with van der Waals surface area (Å²) >= 11 is 1.52. The molecule has 0 atom stereocenters. The number of rotatable bonds is 4. The topological polar surface area (TPSA) is 63.8 Å². The van der Waals surface area contributed by atoms with Crippen molar-refractivity contribution in [2.24, 2.45) is 0 Å². The molecule has 0 fully saturated rings. The molecule has 2 aromatic heterocycles. The summed E-state index contributed by atoms with van der Waals surface area (Å²) < 4.78 is 5.58. The summed E-state index contributed by atoms with van der Waals surface area (Å²) in [6.07, 6.45) is 0. The van der Waals surface area contributed by atoms with Crippen LogP contribution in [0.2, 0.25) is 0 Å². The number of hydrogen-bond acceptors (Lipinski definition) is 6. The number of aromatic nitrogens is 3. The SMILES string of the molecule is CNc1nc(SCc2nc(C)c(C)o2)nc2ccccc12. The lowest BCUT2D eigenvalue weighted by atomic mass is 10.2. The van der Waals surface area contributed by atoms with Gasteiger partial charge in [-0.05, 0) is 26.0 Å². The minimum Gasteiger partial charge on any atom is -0.445 e. The van der Waals surface area contributed by atoms with Crippen LogP contribution in [0, 0.1) is 13.8 Å². The van der Waals surface area contributed by atoms with Gasteiger partial charge in [0.05, 0.1) is 17.0 Å². The van der Waals surface area contributed by atoms with Crippen molar-refractivity contribution < 1.29 is 4.42 Å². The van der Waals surface area contributed by atoms with Gasteiger partial charge >= 0.3 is 0 Å².